The fourth-order valence-electron chi connectivity index (χ4n) is 2.01. The van der Waals surface area contributed by atoms with Crippen LogP contribution in [-0.4, -0.2) is 23.3 Å². The molecular formula is C11H20N2O. The third-order valence-corrected chi connectivity index (χ3v) is 2.84. The molecule has 14 heavy (non-hydrogen) atoms. The highest BCUT2D eigenvalue weighted by molar-refractivity contribution is 5.29. The Bertz CT molecular complexity index is 300. The molecule has 0 aliphatic heterocycles. The molecule has 0 saturated heterocycles. The van der Waals surface area contributed by atoms with Crippen molar-refractivity contribution in [2.24, 2.45) is 0 Å². The number of rotatable bonds is 4. The molecule has 0 unspecified atom stereocenters. The Hall–Kier alpha value is -0.800. The van der Waals surface area contributed by atoms with Gasteiger partial charge in [0.25, 0.3) is 0 Å². The Morgan fingerprint density at radius 3 is 2.50 bits per heavy atom. The van der Waals surface area contributed by atoms with Crippen molar-refractivity contribution in [1.29, 1.82) is 0 Å². The van der Waals surface area contributed by atoms with Crippen molar-refractivity contribution in [2.45, 2.75) is 33.4 Å². The van der Waals surface area contributed by atoms with E-state index in [0.29, 0.717) is 0 Å². The highest BCUT2D eigenvalue weighted by Crippen LogP contribution is 2.21. The second kappa shape index (κ2) is 4.62. The Morgan fingerprint density at radius 2 is 2.14 bits per heavy atom. The molecule has 0 fully saturated rings. The van der Waals surface area contributed by atoms with Gasteiger partial charge in [0.05, 0.1) is 12.6 Å². The van der Waals surface area contributed by atoms with Crippen LogP contribution in [-0.2, 0) is 6.54 Å². The molecule has 0 saturated carbocycles. The standard InChI is InChI=1S/C11H20N2O/c1-5-13-8(2)6-10(9(13)3)11(7-14)12-4/h6,11-12,14H,5,7H2,1-4H3/t11-/m1/s1. The first-order chi connectivity index (χ1) is 6.65. The number of likely N-dealkylation sites (N-methyl/N-ethyl adjacent to an activating group) is 1. The minimum absolute atomic E-state index is 0.0569. The summed E-state index contributed by atoms with van der Waals surface area (Å²) in [5.74, 6) is 0. The summed E-state index contributed by atoms with van der Waals surface area (Å²) in [4.78, 5) is 0. The molecule has 1 aromatic heterocycles. The minimum Gasteiger partial charge on any atom is -0.394 e. The van der Waals surface area contributed by atoms with E-state index in [2.05, 4.69) is 36.7 Å². The lowest BCUT2D eigenvalue weighted by molar-refractivity contribution is 0.250. The number of aryl methyl sites for hydroxylation is 1. The fraction of sp³-hybridized carbons (Fsp3) is 0.636. The minimum atomic E-state index is 0.0569. The summed E-state index contributed by atoms with van der Waals surface area (Å²) in [5.41, 5.74) is 3.71. The van der Waals surface area contributed by atoms with Gasteiger partial charge in [-0.1, -0.05) is 0 Å². The van der Waals surface area contributed by atoms with Crippen LogP contribution in [0, 0.1) is 13.8 Å². The van der Waals surface area contributed by atoms with Gasteiger partial charge in [0.2, 0.25) is 0 Å². The summed E-state index contributed by atoms with van der Waals surface area (Å²) in [6, 6.07) is 2.21. The van der Waals surface area contributed by atoms with Crippen molar-refractivity contribution in [3.63, 3.8) is 0 Å². The summed E-state index contributed by atoms with van der Waals surface area (Å²) in [5, 5.41) is 12.3. The van der Waals surface area contributed by atoms with Crippen molar-refractivity contribution in [1.82, 2.24) is 9.88 Å². The first-order valence-corrected chi connectivity index (χ1v) is 5.10. The normalized spacial score (nSPS) is 13.2. The first-order valence-electron chi connectivity index (χ1n) is 5.10. The molecule has 1 rings (SSSR count). The predicted molar refractivity (Wildman–Crippen MR) is 58.5 cm³/mol. The van der Waals surface area contributed by atoms with Gasteiger partial charge in [0, 0.05) is 17.9 Å². The second-order valence-corrected chi connectivity index (χ2v) is 3.59. The van der Waals surface area contributed by atoms with Gasteiger partial charge in [-0.05, 0) is 39.4 Å². The molecule has 80 valence electrons. The lowest BCUT2D eigenvalue weighted by atomic mass is 10.1. The molecule has 3 heteroatoms. The van der Waals surface area contributed by atoms with Crippen molar-refractivity contribution in [3.8, 4) is 0 Å². The van der Waals surface area contributed by atoms with E-state index >= 15 is 0 Å². The molecule has 1 aromatic rings. The molecule has 2 N–H and O–H groups in total. The zero-order valence-corrected chi connectivity index (χ0v) is 9.46. The van der Waals surface area contributed by atoms with Crippen molar-refractivity contribution >= 4 is 0 Å². The summed E-state index contributed by atoms with van der Waals surface area (Å²) in [6.07, 6.45) is 0. The number of nitrogens with one attached hydrogen (secondary N) is 1. The predicted octanol–water partition coefficient (Wildman–Crippen LogP) is 1.38. The van der Waals surface area contributed by atoms with Gasteiger partial charge in [-0.2, -0.15) is 0 Å². The van der Waals surface area contributed by atoms with Gasteiger partial charge in [-0.15, -0.1) is 0 Å². The Morgan fingerprint density at radius 1 is 1.50 bits per heavy atom. The van der Waals surface area contributed by atoms with Crippen LogP contribution in [0.25, 0.3) is 0 Å². The number of nitrogens with zero attached hydrogens (tertiary/aromatic N) is 1. The molecule has 0 radical (unpaired) electrons. The van der Waals surface area contributed by atoms with Crippen molar-refractivity contribution in [3.05, 3.63) is 23.0 Å². The van der Waals surface area contributed by atoms with E-state index in [9.17, 15) is 5.11 Å². The monoisotopic (exact) mass is 196 g/mol. The highest BCUT2D eigenvalue weighted by Gasteiger charge is 2.15. The molecule has 0 aromatic carbocycles. The summed E-state index contributed by atoms with van der Waals surface area (Å²) < 4.78 is 2.26. The third-order valence-electron chi connectivity index (χ3n) is 2.84. The van der Waals surface area contributed by atoms with Crippen LogP contribution in [0.5, 0.6) is 0 Å². The molecule has 0 bridgehead atoms. The lowest BCUT2D eigenvalue weighted by Crippen LogP contribution is -2.20. The van der Waals surface area contributed by atoms with Gasteiger partial charge in [0.1, 0.15) is 0 Å². The largest absolute Gasteiger partial charge is 0.394 e. The average Bonchev–Trinajstić information content (AvgIpc) is 2.45. The third kappa shape index (κ3) is 1.83. The summed E-state index contributed by atoms with van der Waals surface area (Å²) in [6.45, 7) is 7.47. The number of aliphatic hydroxyl groups is 1. The smallest absolute Gasteiger partial charge is 0.0627 e. The first kappa shape index (κ1) is 11.3. The summed E-state index contributed by atoms with van der Waals surface area (Å²) >= 11 is 0. The summed E-state index contributed by atoms with van der Waals surface area (Å²) in [7, 11) is 1.87. The molecule has 0 aliphatic rings. The maximum atomic E-state index is 9.20. The quantitative estimate of drug-likeness (QED) is 0.763. The fourth-order valence-corrected chi connectivity index (χ4v) is 2.01. The van der Waals surface area contributed by atoms with Crippen LogP contribution in [0.4, 0.5) is 0 Å². The van der Waals surface area contributed by atoms with Gasteiger partial charge < -0.3 is 15.0 Å². The number of hydrogen-bond acceptors (Lipinski definition) is 2. The Labute approximate surface area is 85.7 Å². The average molecular weight is 196 g/mol. The van der Waals surface area contributed by atoms with Gasteiger partial charge in [-0.25, -0.2) is 0 Å². The van der Waals surface area contributed by atoms with Gasteiger partial charge >= 0.3 is 0 Å². The topological polar surface area (TPSA) is 37.2 Å². The van der Waals surface area contributed by atoms with Crippen LogP contribution in [0.3, 0.4) is 0 Å². The van der Waals surface area contributed by atoms with Gasteiger partial charge in [-0.3, -0.25) is 0 Å². The lowest BCUT2D eigenvalue weighted by Gasteiger charge is -2.13. The van der Waals surface area contributed by atoms with Crippen molar-refractivity contribution < 1.29 is 5.11 Å². The van der Waals surface area contributed by atoms with E-state index < -0.39 is 0 Å². The molecule has 0 spiro atoms. The molecule has 0 amide bonds. The highest BCUT2D eigenvalue weighted by atomic mass is 16.3. The number of hydrogen-bond donors (Lipinski definition) is 2. The molecule has 0 aliphatic carbocycles. The molecular weight excluding hydrogens is 176 g/mol. The van der Waals surface area contributed by atoms with Crippen LogP contribution >= 0.6 is 0 Å². The molecule has 3 nitrogen and oxygen atoms in total. The van der Waals surface area contributed by atoms with E-state index in [1.807, 2.05) is 7.05 Å². The number of aliphatic hydroxyl groups excluding tert-OH is 1. The maximum absolute atomic E-state index is 9.20. The van der Waals surface area contributed by atoms with Crippen LogP contribution < -0.4 is 5.32 Å². The van der Waals surface area contributed by atoms with E-state index in [-0.39, 0.29) is 12.6 Å². The maximum Gasteiger partial charge on any atom is 0.0627 e. The van der Waals surface area contributed by atoms with Crippen molar-refractivity contribution in [2.75, 3.05) is 13.7 Å². The van der Waals surface area contributed by atoms with Crippen LogP contribution in [0.15, 0.2) is 6.07 Å². The van der Waals surface area contributed by atoms with E-state index in [0.717, 1.165) is 6.54 Å². The van der Waals surface area contributed by atoms with Crippen LogP contribution in [0.2, 0.25) is 0 Å². The van der Waals surface area contributed by atoms with E-state index in [4.69, 9.17) is 0 Å². The van der Waals surface area contributed by atoms with Crippen LogP contribution in [0.1, 0.15) is 29.9 Å². The molecule has 1 heterocycles. The Kier molecular flexibility index (Phi) is 3.72. The second-order valence-electron chi connectivity index (χ2n) is 3.59. The Balaban J connectivity index is 3.09. The number of aromatic nitrogens is 1. The zero-order chi connectivity index (χ0) is 10.7. The van der Waals surface area contributed by atoms with E-state index in [1.165, 1.54) is 17.0 Å². The molecule has 1 atom stereocenters. The van der Waals surface area contributed by atoms with E-state index in [1.54, 1.807) is 0 Å². The van der Waals surface area contributed by atoms with Gasteiger partial charge in [0.15, 0.2) is 0 Å². The SMILES string of the molecule is CCn1c(C)cc([C@@H](CO)NC)c1C. The zero-order valence-electron chi connectivity index (χ0n) is 9.46.